The molecule has 2 aromatic rings. The van der Waals surface area contributed by atoms with E-state index in [1.807, 2.05) is 38.3 Å². The molecular weight excluding hydrogens is 242 g/mol. The van der Waals surface area contributed by atoms with Crippen molar-refractivity contribution >= 4 is 5.84 Å². The van der Waals surface area contributed by atoms with E-state index in [0.717, 1.165) is 28.5 Å². The van der Waals surface area contributed by atoms with E-state index in [-0.39, 0.29) is 5.84 Å². The Morgan fingerprint density at radius 1 is 1.26 bits per heavy atom. The Balaban J connectivity index is 2.79. The lowest BCUT2D eigenvalue weighted by atomic mass is 10.1. The molecule has 0 fully saturated rings. The number of nitrogens with zero attached hydrogens (tertiary/aromatic N) is 4. The van der Waals surface area contributed by atoms with Gasteiger partial charge in [-0.2, -0.15) is 0 Å². The summed E-state index contributed by atoms with van der Waals surface area (Å²) in [6, 6.07) is 1.90. The molecule has 100 valence electrons. The van der Waals surface area contributed by atoms with Crippen LogP contribution in [0.3, 0.4) is 0 Å². The number of rotatable bonds is 2. The van der Waals surface area contributed by atoms with Crippen molar-refractivity contribution in [2.45, 2.75) is 27.7 Å². The van der Waals surface area contributed by atoms with Crippen molar-refractivity contribution in [2.75, 3.05) is 0 Å². The Bertz CT molecular complexity index is 657. The molecule has 2 heterocycles. The predicted molar refractivity (Wildman–Crippen MR) is 72.8 cm³/mol. The molecule has 0 aliphatic heterocycles. The number of aryl methyl sites for hydroxylation is 3. The highest BCUT2D eigenvalue weighted by atomic mass is 16.4. The van der Waals surface area contributed by atoms with Gasteiger partial charge in [0.25, 0.3) is 0 Å². The van der Waals surface area contributed by atoms with Crippen LogP contribution < -0.4 is 5.73 Å². The summed E-state index contributed by atoms with van der Waals surface area (Å²) in [4.78, 5) is 8.64. The molecule has 0 saturated heterocycles. The molecule has 3 N–H and O–H groups in total. The minimum Gasteiger partial charge on any atom is -0.409 e. The first-order chi connectivity index (χ1) is 8.95. The van der Waals surface area contributed by atoms with E-state index in [1.165, 1.54) is 0 Å². The SMILES string of the molecule is Cc1cc(-n2cnc(C)c2C)c(/C(N)=N/O)c(C)n1. The normalized spacial score (nSPS) is 11.9. The summed E-state index contributed by atoms with van der Waals surface area (Å²) in [5, 5.41) is 12.0. The summed E-state index contributed by atoms with van der Waals surface area (Å²) in [6.45, 7) is 7.66. The fourth-order valence-electron chi connectivity index (χ4n) is 2.11. The van der Waals surface area contributed by atoms with Crippen molar-refractivity contribution in [3.8, 4) is 5.69 Å². The predicted octanol–water partition coefficient (Wildman–Crippen LogP) is 1.60. The van der Waals surface area contributed by atoms with E-state index in [0.29, 0.717) is 5.56 Å². The van der Waals surface area contributed by atoms with Gasteiger partial charge >= 0.3 is 0 Å². The zero-order valence-electron chi connectivity index (χ0n) is 11.5. The Labute approximate surface area is 111 Å². The molecule has 0 unspecified atom stereocenters. The highest BCUT2D eigenvalue weighted by molar-refractivity contribution is 6.01. The minimum absolute atomic E-state index is 0.0470. The number of aromatic nitrogens is 3. The highest BCUT2D eigenvalue weighted by Crippen LogP contribution is 2.21. The lowest BCUT2D eigenvalue weighted by molar-refractivity contribution is 0.318. The van der Waals surface area contributed by atoms with Gasteiger partial charge in [-0.05, 0) is 33.8 Å². The summed E-state index contributed by atoms with van der Waals surface area (Å²) in [6.07, 6.45) is 1.73. The smallest absolute Gasteiger partial charge is 0.174 e. The van der Waals surface area contributed by atoms with Gasteiger partial charge in [0.1, 0.15) is 0 Å². The van der Waals surface area contributed by atoms with Crippen molar-refractivity contribution < 1.29 is 5.21 Å². The molecule has 6 nitrogen and oxygen atoms in total. The van der Waals surface area contributed by atoms with E-state index in [9.17, 15) is 0 Å². The summed E-state index contributed by atoms with van der Waals surface area (Å²) in [7, 11) is 0. The minimum atomic E-state index is 0.0470. The van der Waals surface area contributed by atoms with Gasteiger partial charge in [0.05, 0.1) is 29.0 Å². The third-order valence-electron chi connectivity index (χ3n) is 3.18. The highest BCUT2D eigenvalue weighted by Gasteiger charge is 2.16. The van der Waals surface area contributed by atoms with Gasteiger partial charge in [-0.15, -0.1) is 0 Å². The van der Waals surface area contributed by atoms with Crippen LogP contribution in [-0.4, -0.2) is 25.6 Å². The lowest BCUT2D eigenvalue weighted by Gasteiger charge is -2.14. The molecule has 0 radical (unpaired) electrons. The summed E-state index contributed by atoms with van der Waals surface area (Å²) in [5.74, 6) is 0.0470. The second-order valence-corrected chi connectivity index (χ2v) is 4.51. The quantitative estimate of drug-likeness (QED) is 0.371. The molecule has 0 aliphatic rings. The third-order valence-corrected chi connectivity index (χ3v) is 3.18. The van der Waals surface area contributed by atoms with E-state index in [4.69, 9.17) is 10.9 Å². The second kappa shape index (κ2) is 4.72. The maximum atomic E-state index is 8.94. The van der Waals surface area contributed by atoms with Crippen molar-refractivity contribution in [3.63, 3.8) is 0 Å². The molecule has 0 saturated carbocycles. The molecule has 2 aromatic heterocycles. The average Bonchev–Trinajstić information content (AvgIpc) is 2.68. The lowest BCUT2D eigenvalue weighted by Crippen LogP contribution is -2.19. The van der Waals surface area contributed by atoms with Gasteiger partial charge < -0.3 is 15.5 Å². The van der Waals surface area contributed by atoms with Gasteiger partial charge in [0, 0.05) is 11.4 Å². The van der Waals surface area contributed by atoms with Gasteiger partial charge in [-0.25, -0.2) is 4.98 Å². The summed E-state index contributed by atoms with van der Waals surface area (Å²) < 4.78 is 1.92. The maximum Gasteiger partial charge on any atom is 0.174 e. The third kappa shape index (κ3) is 2.16. The molecule has 6 heteroatoms. The number of oxime groups is 1. The maximum absolute atomic E-state index is 8.94. The summed E-state index contributed by atoms with van der Waals surface area (Å²) >= 11 is 0. The van der Waals surface area contributed by atoms with E-state index in [1.54, 1.807) is 6.33 Å². The first-order valence-corrected chi connectivity index (χ1v) is 5.92. The summed E-state index contributed by atoms with van der Waals surface area (Å²) in [5.41, 5.74) is 10.7. The standard InChI is InChI=1S/C13H17N5O/c1-7-5-11(18-6-15-8(2)10(18)4)12(9(3)16-7)13(14)17-19/h5-6,19H,1-4H3,(H2,14,17). The number of pyridine rings is 1. The van der Waals surface area contributed by atoms with Crippen LogP contribution in [0, 0.1) is 27.7 Å². The zero-order chi connectivity index (χ0) is 14.2. The fourth-order valence-corrected chi connectivity index (χ4v) is 2.11. The van der Waals surface area contributed by atoms with Crippen LogP contribution in [0.5, 0.6) is 0 Å². The van der Waals surface area contributed by atoms with E-state index >= 15 is 0 Å². The zero-order valence-corrected chi connectivity index (χ0v) is 11.5. The number of nitrogens with two attached hydrogens (primary N) is 1. The first kappa shape index (κ1) is 13.1. The van der Waals surface area contributed by atoms with Crippen molar-refractivity contribution in [1.29, 1.82) is 0 Å². The molecule has 0 aromatic carbocycles. The molecule has 19 heavy (non-hydrogen) atoms. The largest absolute Gasteiger partial charge is 0.409 e. The van der Waals surface area contributed by atoms with Gasteiger partial charge in [0.2, 0.25) is 0 Å². The van der Waals surface area contributed by atoms with Crippen molar-refractivity contribution in [2.24, 2.45) is 10.9 Å². The topological polar surface area (TPSA) is 89.3 Å². The van der Waals surface area contributed by atoms with Gasteiger partial charge in [-0.1, -0.05) is 5.16 Å². The van der Waals surface area contributed by atoms with Crippen LogP contribution in [0.1, 0.15) is 28.3 Å². The molecular formula is C13H17N5O. The van der Waals surface area contributed by atoms with Gasteiger partial charge in [0.15, 0.2) is 5.84 Å². The fraction of sp³-hybridized carbons (Fsp3) is 0.308. The van der Waals surface area contributed by atoms with Crippen LogP contribution in [0.4, 0.5) is 0 Å². The molecule has 0 bridgehead atoms. The van der Waals surface area contributed by atoms with Crippen molar-refractivity contribution in [1.82, 2.24) is 14.5 Å². The van der Waals surface area contributed by atoms with E-state index in [2.05, 4.69) is 15.1 Å². The molecule has 0 spiro atoms. The molecule has 2 rings (SSSR count). The first-order valence-electron chi connectivity index (χ1n) is 5.92. The van der Waals surface area contributed by atoms with Crippen LogP contribution >= 0.6 is 0 Å². The molecule has 0 atom stereocenters. The van der Waals surface area contributed by atoms with Gasteiger partial charge in [-0.3, -0.25) is 4.98 Å². The number of hydrogen-bond acceptors (Lipinski definition) is 4. The Morgan fingerprint density at radius 3 is 2.47 bits per heavy atom. The molecule has 0 aliphatic carbocycles. The number of amidine groups is 1. The second-order valence-electron chi connectivity index (χ2n) is 4.51. The van der Waals surface area contributed by atoms with Crippen LogP contribution in [0.2, 0.25) is 0 Å². The Morgan fingerprint density at radius 2 is 1.95 bits per heavy atom. The monoisotopic (exact) mass is 259 g/mol. The van der Waals surface area contributed by atoms with Crippen LogP contribution in [0.25, 0.3) is 5.69 Å². The van der Waals surface area contributed by atoms with E-state index < -0.39 is 0 Å². The van der Waals surface area contributed by atoms with Crippen LogP contribution in [0.15, 0.2) is 17.5 Å². The average molecular weight is 259 g/mol. The Hall–Kier alpha value is -2.37. The van der Waals surface area contributed by atoms with Crippen LogP contribution in [-0.2, 0) is 0 Å². The van der Waals surface area contributed by atoms with Crippen molar-refractivity contribution in [3.05, 3.63) is 40.7 Å². The molecule has 0 amide bonds. The number of imidazole rings is 1. The Kier molecular flexibility index (Phi) is 3.25. The number of hydrogen-bond donors (Lipinski definition) is 2.